The fourth-order valence-electron chi connectivity index (χ4n) is 3.67. The summed E-state index contributed by atoms with van der Waals surface area (Å²) in [6.07, 6.45) is 0.0674. The zero-order valence-corrected chi connectivity index (χ0v) is 19.2. The van der Waals surface area contributed by atoms with E-state index in [4.69, 9.17) is 9.47 Å². The average Bonchev–Trinajstić information content (AvgIpc) is 2.74. The second kappa shape index (κ2) is 10.7. The van der Waals surface area contributed by atoms with E-state index in [1.165, 1.54) is 19.2 Å². The zero-order chi connectivity index (χ0) is 22.4. The number of methoxy groups -OCH3 is 1. The molecule has 1 aliphatic rings. The molecule has 0 radical (unpaired) electrons. The highest BCUT2D eigenvalue weighted by Gasteiger charge is 2.27. The number of carbonyl (C=O) groups is 2. The Hall–Kier alpha value is -2.45. The number of benzene rings is 2. The SMILES string of the molecule is COC(=O)Cc1cc(Br)ccc1OCC(=O)N1CCN(Cc2ccc(F)cc2)C[C@H]1C. The number of hydrogen-bond acceptors (Lipinski definition) is 5. The number of halogens is 2. The first-order valence-electron chi connectivity index (χ1n) is 10.1. The quantitative estimate of drug-likeness (QED) is 0.554. The number of carbonyl (C=O) groups excluding carboxylic acids is 2. The highest BCUT2D eigenvalue weighted by molar-refractivity contribution is 9.10. The second-order valence-corrected chi connectivity index (χ2v) is 8.51. The van der Waals surface area contributed by atoms with E-state index >= 15 is 0 Å². The van der Waals surface area contributed by atoms with E-state index in [9.17, 15) is 14.0 Å². The van der Waals surface area contributed by atoms with Gasteiger partial charge in [-0.15, -0.1) is 0 Å². The van der Waals surface area contributed by atoms with E-state index in [0.717, 1.165) is 29.7 Å². The first-order valence-corrected chi connectivity index (χ1v) is 10.9. The van der Waals surface area contributed by atoms with Crippen LogP contribution in [0.1, 0.15) is 18.1 Å². The van der Waals surface area contributed by atoms with Gasteiger partial charge in [0, 0.05) is 42.3 Å². The molecule has 0 unspecified atom stereocenters. The van der Waals surface area contributed by atoms with E-state index in [1.807, 2.05) is 11.8 Å². The molecule has 0 saturated carbocycles. The molecular weight excluding hydrogens is 467 g/mol. The predicted octanol–water partition coefficient (Wildman–Crippen LogP) is 3.42. The maximum atomic E-state index is 13.1. The number of esters is 1. The number of ether oxygens (including phenoxy) is 2. The molecule has 1 heterocycles. The maximum Gasteiger partial charge on any atom is 0.310 e. The van der Waals surface area contributed by atoms with Crippen LogP contribution in [0.4, 0.5) is 4.39 Å². The van der Waals surface area contributed by atoms with Gasteiger partial charge in [0.25, 0.3) is 5.91 Å². The minimum atomic E-state index is -0.375. The Morgan fingerprint density at radius 2 is 1.90 bits per heavy atom. The number of amides is 1. The van der Waals surface area contributed by atoms with Crippen molar-refractivity contribution in [1.82, 2.24) is 9.80 Å². The lowest BCUT2D eigenvalue weighted by atomic mass is 10.1. The van der Waals surface area contributed by atoms with Gasteiger partial charge in [-0.05, 0) is 42.8 Å². The Kier molecular flexibility index (Phi) is 8.03. The van der Waals surface area contributed by atoms with Crippen molar-refractivity contribution in [2.45, 2.75) is 25.9 Å². The molecule has 0 aliphatic carbocycles. The van der Waals surface area contributed by atoms with Gasteiger partial charge in [0.15, 0.2) is 6.61 Å². The van der Waals surface area contributed by atoms with E-state index in [0.29, 0.717) is 17.9 Å². The highest BCUT2D eigenvalue weighted by atomic mass is 79.9. The molecule has 1 atom stereocenters. The molecule has 0 bridgehead atoms. The average molecular weight is 493 g/mol. The summed E-state index contributed by atoms with van der Waals surface area (Å²) in [7, 11) is 1.33. The van der Waals surface area contributed by atoms with Crippen LogP contribution < -0.4 is 4.74 Å². The molecule has 31 heavy (non-hydrogen) atoms. The van der Waals surface area contributed by atoms with Gasteiger partial charge in [-0.25, -0.2) is 4.39 Å². The summed E-state index contributed by atoms with van der Waals surface area (Å²) < 4.78 is 24.4. The van der Waals surface area contributed by atoms with Crippen molar-refractivity contribution in [2.24, 2.45) is 0 Å². The number of piperazine rings is 1. The van der Waals surface area contributed by atoms with E-state index in [2.05, 4.69) is 20.8 Å². The first-order chi connectivity index (χ1) is 14.9. The van der Waals surface area contributed by atoms with Crippen LogP contribution in [0.25, 0.3) is 0 Å². The molecule has 1 saturated heterocycles. The Morgan fingerprint density at radius 3 is 2.58 bits per heavy atom. The molecule has 166 valence electrons. The molecule has 2 aromatic rings. The van der Waals surface area contributed by atoms with Crippen LogP contribution in [-0.4, -0.2) is 61.1 Å². The van der Waals surface area contributed by atoms with Crippen LogP contribution >= 0.6 is 15.9 Å². The van der Waals surface area contributed by atoms with Gasteiger partial charge >= 0.3 is 5.97 Å². The third kappa shape index (κ3) is 6.51. The monoisotopic (exact) mass is 492 g/mol. The van der Waals surface area contributed by atoms with Crippen molar-refractivity contribution in [3.8, 4) is 5.75 Å². The number of nitrogens with zero attached hydrogens (tertiary/aromatic N) is 2. The summed E-state index contributed by atoms with van der Waals surface area (Å²) >= 11 is 3.39. The van der Waals surface area contributed by atoms with Gasteiger partial charge in [0.2, 0.25) is 0 Å². The van der Waals surface area contributed by atoms with Crippen molar-refractivity contribution in [2.75, 3.05) is 33.4 Å². The molecule has 8 heteroatoms. The van der Waals surface area contributed by atoms with Crippen molar-refractivity contribution in [3.63, 3.8) is 0 Å². The van der Waals surface area contributed by atoms with Crippen LogP contribution in [0, 0.1) is 5.82 Å². The van der Waals surface area contributed by atoms with E-state index in [-0.39, 0.29) is 36.8 Å². The third-order valence-electron chi connectivity index (χ3n) is 5.29. The topological polar surface area (TPSA) is 59.1 Å². The van der Waals surface area contributed by atoms with E-state index in [1.54, 1.807) is 30.3 Å². The summed E-state index contributed by atoms with van der Waals surface area (Å²) in [6, 6.07) is 11.9. The summed E-state index contributed by atoms with van der Waals surface area (Å²) in [5, 5.41) is 0. The van der Waals surface area contributed by atoms with Crippen LogP contribution in [0.15, 0.2) is 46.9 Å². The van der Waals surface area contributed by atoms with Gasteiger partial charge in [-0.2, -0.15) is 0 Å². The fourth-order valence-corrected chi connectivity index (χ4v) is 4.08. The number of hydrogen-bond donors (Lipinski definition) is 0. The van der Waals surface area contributed by atoms with Gasteiger partial charge in [0.05, 0.1) is 13.5 Å². The molecule has 2 aromatic carbocycles. The lowest BCUT2D eigenvalue weighted by Crippen LogP contribution is -2.54. The van der Waals surface area contributed by atoms with Crippen molar-refractivity contribution in [3.05, 3.63) is 63.9 Å². The minimum absolute atomic E-state index is 0.0322. The van der Waals surface area contributed by atoms with Gasteiger partial charge in [0.1, 0.15) is 11.6 Å². The van der Waals surface area contributed by atoms with Crippen LogP contribution in [0.2, 0.25) is 0 Å². The maximum absolute atomic E-state index is 13.1. The molecular formula is C23H26BrFN2O4. The molecule has 1 amide bonds. The van der Waals surface area contributed by atoms with Gasteiger partial charge in [-0.3, -0.25) is 14.5 Å². The Bertz CT molecular complexity index is 922. The smallest absolute Gasteiger partial charge is 0.310 e. The van der Waals surface area contributed by atoms with Gasteiger partial charge in [-0.1, -0.05) is 28.1 Å². The van der Waals surface area contributed by atoms with Crippen LogP contribution in [0.5, 0.6) is 5.75 Å². The molecule has 1 aliphatic heterocycles. The summed E-state index contributed by atoms with van der Waals surface area (Å²) in [5.74, 6) is -0.223. The summed E-state index contributed by atoms with van der Waals surface area (Å²) in [6.45, 7) is 4.70. The Balaban J connectivity index is 1.54. The highest BCUT2D eigenvalue weighted by Crippen LogP contribution is 2.24. The molecule has 6 nitrogen and oxygen atoms in total. The van der Waals surface area contributed by atoms with Crippen molar-refractivity contribution in [1.29, 1.82) is 0 Å². The molecule has 1 fully saturated rings. The van der Waals surface area contributed by atoms with Crippen LogP contribution in [0.3, 0.4) is 0 Å². The second-order valence-electron chi connectivity index (χ2n) is 7.59. The lowest BCUT2D eigenvalue weighted by molar-refractivity contribution is -0.139. The van der Waals surface area contributed by atoms with Crippen molar-refractivity contribution < 1.29 is 23.5 Å². The standard InChI is InChI=1S/C23H26BrFN2O4/c1-16-13-26(14-17-3-6-20(25)7-4-17)9-10-27(16)22(28)15-31-21-8-5-19(24)11-18(21)12-23(29)30-2/h3-8,11,16H,9-10,12-15H2,1-2H3/t16-/m1/s1. The Morgan fingerprint density at radius 1 is 1.16 bits per heavy atom. The summed E-state index contributed by atoms with van der Waals surface area (Å²) in [4.78, 5) is 28.5. The van der Waals surface area contributed by atoms with Gasteiger partial charge < -0.3 is 14.4 Å². The van der Waals surface area contributed by atoms with Crippen LogP contribution in [-0.2, 0) is 27.3 Å². The molecule has 0 N–H and O–H groups in total. The normalized spacial score (nSPS) is 16.8. The van der Waals surface area contributed by atoms with Crippen molar-refractivity contribution >= 4 is 27.8 Å². The minimum Gasteiger partial charge on any atom is -0.483 e. The molecule has 3 rings (SSSR count). The summed E-state index contributed by atoms with van der Waals surface area (Å²) in [5.41, 5.74) is 1.70. The largest absolute Gasteiger partial charge is 0.483 e. The first kappa shape index (κ1) is 23.2. The third-order valence-corrected chi connectivity index (χ3v) is 5.78. The predicted molar refractivity (Wildman–Crippen MR) is 118 cm³/mol. The zero-order valence-electron chi connectivity index (χ0n) is 17.6. The fraction of sp³-hybridized carbons (Fsp3) is 0.391. The Labute approximate surface area is 190 Å². The number of rotatable bonds is 7. The molecule has 0 spiro atoms. The molecule has 0 aromatic heterocycles. The van der Waals surface area contributed by atoms with E-state index < -0.39 is 0 Å². The lowest BCUT2D eigenvalue weighted by Gasteiger charge is -2.39.